The Hall–Kier alpha value is -1.22. The molecule has 0 amide bonds. The van der Waals surface area contributed by atoms with Crippen LogP contribution in [0.3, 0.4) is 0 Å². The molecule has 2 fully saturated rings. The molecule has 2 saturated carbocycles. The lowest BCUT2D eigenvalue weighted by Crippen LogP contribution is -2.26. The molecule has 3 heteroatoms. The summed E-state index contributed by atoms with van der Waals surface area (Å²) in [6.45, 7) is 3.95. The molecule has 2 nitrogen and oxygen atoms in total. The molecule has 3 unspecified atom stereocenters. The zero-order valence-electron chi connectivity index (χ0n) is 11.1. The average molecular weight is 274 g/mol. The maximum atomic E-state index is 11.7. The van der Waals surface area contributed by atoms with E-state index >= 15 is 0 Å². The summed E-state index contributed by atoms with van der Waals surface area (Å²) < 4.78 is 11.6. The highest BCUT2D eigenvalue weighted by atomic mass is 32.2. The molecule has 3 atom stereocenters. The third kappa shape index (κ3) is 1.75. The second-order valence-corrected chi connectivity index (χ2v) is 7.20. The van der Waals surface area contributed by atoms with Crippen LogP contribution in [-0.4, -0.2) is 16.2 Å². The molecular weight excluding hydrogens is 256 g/mol. The Bertz CT molecular complexity index is 588. The Labute approximate surface area is 116 Å². The van der Waals surface area contributed by atoms with Crippen molar-refractivity contribution in [2.24, 2.45) is 5.41 Å². The molecule has 0 bridgehead atoms. The van der Waals surface area contributed by atoms with Crippen LogP contribution >= 0.6 is 0 Å². The van der Waals surface area contributed by atoms with Crippen molar-refractivity contribution in [1.29, 1.82) is 0 Å². The molecule has 1 aromatic carbocycles. The van der Waals surface area contributed by atoms with Gasteiger partial charge in [-0.15, -0.1) is 6.58 Å². The SMILES string of the molecule is C=CC12CC(=O)CCC1(c1cccc(S(C)=O)c1)C2. The van der Waals surface area contributed by atoms with Crippen LogP contribution in [-0.2, 0) is 21.0 Å². The summed E-state index contributed by atoms with van der Waals surface area (Å²) in [4.78, 5) is 12.6. The first-order valence-electron chi connectivity index (χ1n) is 6.62. The second kappa shape index (κ2) is 4.14. The van der Waals surface area contributed by atoms with Crippen molar-refractivity contribution in [3.05, 3.63) is 42.5 Å². The Morgan fingerprint density at radius 2 is 2.21 bits per heavy atom. The Morgan fingerprint density at radius 3 is 2.89 bits per heavy atom. The van der Waals surface area contributed by atoms with Crippen LogP contribution in [0.2, 0.25) is 0 Å². The van der Waals surface area contributed by atoms with E-state index in [-0.39, 0.29) is 10.8 Å². The van der Waals surface area contributed by atoms with Crippen molar-refractivity contribution in [2.45, 2.75) is 36.0 Å². The number of carbonyl (C=O) groups excluding carboxylic acids is 1. The molecule has 3 rings (SSSR count). The van der Waals surface area contributed by atoms with Gasteiger partial charge in [-0.3, -0.25) is 9.00 Å². The van der Waals surface area contributed by atoms with E-state index in [4.69, 9.17) is 0 Å². The van der Waals surface area contributed by atoms with Gasteiger partial charge in [0.15, 0.2) is 0 Å². The lowest BCUT2D eigenvalue weighted by atomic mass is 9.75. The minimum absolute atomic E-state index is 0.0454. The first kappa shape index (κ1) is 12.8. The molecule has 2 aliphatic carbocycles. The lowest BCUT2D eigenvalue weighted by Gasteiger charge is -2.28. The topological polar surface area (TPSA) is 34.1 Å². The van der Waals surface area contributed by atoms with Crippen LogP contribution in [0.4, 0.5) is 0 Å². The van der Waals surface area contributed by atoms with Gasteiger partial charge in [-0.25, -0.2) is 0 Å². The summed E-state index contributed by atoms with van der Waals surface area (Å²) in [7, 11) is -0.959. The van der Waals surface area contributed by atoms with Crippen molar-refractivity contribution >= 4 is 16.6 Å². The fraction of sp³-hybridized carbons (Fsp3) is 0.438. The smallest absolute Gasteiger partial charge is 0.133 e. The van der Waals surface area contributed by atoms with Gasteiger partial charge in [-0.1, -0.05) is 18.2 Å². The van der Waals surface area contributed by atoms with Gasteiger partial charge >= 0.3 is 0 Å². The number of benzene rings is 1. The molecule has 1 aromatic rings. The van der Waals surface area contributed by atoms with E-state index in [9.17, 15) is 9.00 Å². The van der Waals surface area contributed by atoms with E-state index < -0.39 is 10.8 Å². The Kier molecular flexibility index (Phi) is 2.79. The highest BCUT2D eigenvalue weighted by Gasteiger charge is 2.68. The molecule has 0 aliphatic heterocycles. The van der Waals surface area contributed by atoms with Crippen LogP contribution in [0.1, 0.15) is 31.2 Å². The zero-order valence-corrected chi connectivity index (χ0v) is 12.0. The summed E-state index contributed by atoms with van der Waals surface area (Å²) in [5, 5.41) is 0. The Morgan fingerprint density at radius 1 is 1.42 bits per heavy atom. The molecule has 19 heavy (non-hydrogen) atoms. The second-order valence-electron chi connectivity index (χ2n) is 5.82. The van der Waals surface area contributed by atoms with Gasteiger partial charge < -0.3 is 0 Å². The molecule has 0 radical (unpaired) electrons. The monoisotopic (exact) mass is 274 g/mol. The number of ketones is 1. The summed E-state index contributed by atoms with van der Waals surface area (Å²) in [6.07, 6.45) is 6.87. The summed E-state index contributed by atoms with van der Waals surface area (Å²) in [5.41, 5.74) is 1.25. The van der Waals surface area contributed by atoms with Crippen molar-refractivity contribution in [1.82, 2.24) is 0 Å². The summed E-state index contributed by atoms with van der Waals surface area (Å²) in [5.74, 6) is 0.350. The van der Waals surface area contributed by atoms with Crippen molar-refractivity contribution in [3.63, 3.8) is 0 Å². The number of carbonyl (C=O) groups is 1. The minimum atomic E-state index is -0.959. The fourth-order valence-corrected chi connectivity index (χ4v) is 4.27. The zero-order chi connectivity index (χ0) is 13.7. The molecule has 2 aliphatic rings. The van der Waals surface area contributed by atoms with Crippen LogP contribution in [0, 0.1) is 5.41 Å². The van der Waals surface area contributed by atoms with E-state index in [2.05, 4.69) is 18.7 Å². The normalized spacial score (nSPS) is 34.5. The van der Waals surface area contributed by atoms with Crippen LogP contribution in [0.15, 0.2) is 41.8 Å². The van der Waals surface area contributed by atoms with Crippen LogP contribution in [0.5, 0.6) is 0 Å². The van der Waals surface area contributed by atoms with Crippen molar-refractivity contribution in [2.75, 3.05) is 6.26 Å². The number of rotatable bonds is 3. The number of fused-ring (bicyclic) bond motifs is 1. The molecule has 0 saturated heterocycles. The van der Waals surface area contributed by atoms with Gasteiger partial charge in [0.05, 0.1) is 0 Å². The van der Waals surface area contributed by atoms with E-state index in [1.807, 2.05) is 18.2 Å². The first-order valence-corrected chi connectivity index (χ1v) is 8.18. The van der Waals surface area contributed by atoms with E-state index in [1.165, 1.54) is 5.56 Å². The van der Waals surface area contributed by atoms with Crippen LogP contribution < -0.4 is 0 Å². The third-order valence-corrected chi connectivity index (χ3v) is 5.82. The largest absolute Gasteiger partial charge is 0.300 e. The van der Waals surface area contributed by atoms with E-state index in [1.54, 1.807) is 6.26 Å². The van der Waals surface area contributed by atoms with Gasteiger partial charge in [0.2, 0.25) is 0 Å². The Balaban J connectivity index is 2.03. The van der Waals surface area contributed by atoms with Crippen LogP contribution in [0.25, 0.3) is 0 Å². The predicted octanol–water partition coefficient (Wildman–Crippen LogP) is 2.99. The third-order valence-electron chi connectivity index (χ3n) is 4.90. The first-order chi connectivity index (χ1) is 9.03. The number of Topliss-reactive ketones (excluding diaryl/α,β-unsaturated/α-hetero) is 1. The highest BCUT2D eigenvalue weighted by Crippen LogP contribution is 2.71. The molecule has 0 spiro atoms. The molecule has 0 aromatic heterocycles. The van der Waals surface area contributed by atoms with Crippen molar-refractivity contribution in [3.8, 4) is 0 Å². The molecule has 0 heterocycles. The van der Waals surface area contributed by atoms with Gasteiger partial charge in [-0.2, -0.15) is 0 Å². The van der Waals surface area contributed by atoms with E-state index in [0.717, 1.165) is 17.7 Å². The molecular formula is C16H18O2S. The summed E-state index contributed by atoms with van der Waals surface area (Å²) >= 11 is 0. The van der Waals surface area contributed by atoms with Gasteiger partial charge in [0, 0.05) is 45.6 Å². The quantitative estimate of drug-likeness (QED) is 0.794. The predicted molar refractivity (Wildman–Crippen MR) is 76.6 cm³/mol. The van der Waals surface area contributed by atoms with Gasteiger partial charge in [-0.05, 0) is 30.5 Å². The number of hydrogen-bond acceptors (Lipinski definition) is 2. The highest BCUT2D eigenvalue weighted by molar-refractivity contribution is 7.84. The van der Waals surface area contributed by atoms with Crippen molar-refractivity contribution < 1.29 is 9.00 Å². The maximum Gasteiger partial charge on any atom is 0.133 e. The maximum absolute atomic E-state index is 11.7. The number of allylic oxidation sites excluding steroid dienone is 1. The lowest BCUT2D eigenvalue weighted by molar-refractivity contribution is -0.121. The van der Waals surface area contributed by atoms with E-state index in [0.29, 0.717) is 18.6 Å². The fourth-order valence-electron chi connectivity index (χ4n) is 3.70. The summed E-state index contributed by atoms with van der Waals surface area (Å²) in [6, 6.07) is 8.04. The minimum Gasteiger partial charge on any atom is -0.300 e. The average Bonchev–Trinajstić information content (AvgIpc) is 3.09. The molecule has 0 N–H and O–H groups in total. The van der Waals surface area contributed by atoms with Gasteiger partial charge in [0.25, 0.3) is 0 Å². The standard InChI is InChI=1S/C16H18O2S/c1-3-15-10-13(17)7-8-16(15,11-15)12-5-4-6-14(9-12)19(2)18/h3-6,9H,1,7-8,10-11H2,2H3. The number of hydrogen-bond donors (Lipinski definition) is 0. The van der Waals surface area contributed by atoms with Gasteiger partial charge in [0.1, 0.15) is 5.78 Å². The molecule has 100 valence electrons.